The van der Waals surface area contributed by atoms with Gasteiger partial charge < -0.3 is 0 Å². The number of rotatable bonds is 3. The molecule has 2 bridgehead atoms. The number of nitrogens with zero attached hydrogens (tertiary/aromatic N) is 2. The Hall–Kier alpha value is -2.06. The first kappa shape index (κ1) is 18.9. The number of hydrogen-bond donors (Lipinski definition) is 0. The fourth-order valence-electron chi connectivity index (χ4n) is 5.18. The van der Waals surface area contributed by atoms with E-state index < -0.39 is 4.92 Å². The number of halogens is 2. The number of hydrogen-bond acceptors (Lipinski definition) is 4. The molecule has 6 unspecified atom stereocenters. The van der Waals surface area contributed by atoms with E-state index in [1.54, 1.807) is 24.3 Å². The molecular weight excluding hydrogens is 504 g/mol. The molecule has 29 heavy (non-hydrogen) atoms. The van der Waals surface area contributed by atoms with Gasteiger partial charge in [-0.05, 0) is 53.6 Å². The summed E-state index contributed by atoms with van der Waals surface area (Å²) in [5, 5.41) is 10.8. The molecule has 6 atom stereocenters. The Kier molecular flexibility index (Phi) is 4.40. The van der Waals surface area contributed by atoms with Crippen molar-refractivity contribution in [2.24, 2.45) is 23.7 Å². The summed E-state index contributed by atoms with van der Waals surface area (Å²) in [4.78, 5) is 38.4. The van der Waals surface area contributed by atoms with Crippen molar-refractivity contribution in [2.45, 2.75) is 16.1 Å². The Labute approximate surface area is 183 Å². The van der Waals surface area contributed by atoms with Gasteiger partial charge in [-0.1, -0.05) is 44.0 Å². The summed E-state index contributed by atoms with van der Waals surface area (Å²) in [6, 6.07) is 13.5. The number of carbonyl (C=O) groups excluding carboxylic acids is 2. The van der Waals surface area contributed by atoms with Crippen LogP contribution in [-0.2, 0) is 9.59 Å². The molecule has 0 N–H and O–H groups in total. The first-order chi connectivity index (χ1) is 13.9. The van der Waals surface area contributed by atoms with Crippen LogP contribution in [0.15, 0.2) is 48.5 Å². The summed E-state index contributed by atoms with van der Waals surface area (Å²) >= 11 is 7.40. The molecule has 2 aromatic rings. The summed E-state index contributed by atoms with van der Waals surface area (Å²) in [6.07, 6.45) is 0.908. The Bertz CT molecular complexity index is 992. The number of imide groups is 1. The number of alkyl halides is 2. The number of fused-ring (bicyclic) bond motifs is 5. The predicted molar refractivity (Wildman–Crippen MR) is 115 cm³/mol. The highest BCUT2D eigenvalue weighted by molar-refractivity contribution is 9.12. The number of non-ortho nitro benzene ring substituents is 1. The lowest BCUT2D eigenvalue weighted by molar-refractivity contribution is -0.384. The Morgan fingerprint density at radius 2 is 1.28 bits per heavy atom. The average Bonchev–Trinajstić information content (AvgIpc) is 3.33. The van der Waals surface area contributed by atoms with Gasteiger partial charge in [0, 0.05) is 21.8 Å². The van der Waals surface area contributed by atoms with Crippen molar-refractivity contribution >= 4 is 55.0 Å². The number of nitro groups is 1. The lowest BCUT2D eigenvalue weighted by Gasteiger charge is -2.28. The third kappa shape index (κ3) is 2.72. The van der Waals surface area contributed by atoms with E-state index in [0.29, 0.717) is 5.69 Å². The zero-order valence-corrected chi connectivity index (χ0v) is 18.2. The van der Waals surface area contributed by atoms with Crippen LogP contribution in [0.5, 0.6) is 0 Å². The van der Waals surface area contributed by atoms with Crippen LogP contribution in [0.25, 0.3) is 11.1 Å². The van der Waals surface area contributed by atoms with Gasteiger partial charge in [0.15, 0.2) is 0 Å². The van der Waals surface area contributed by atoms with Crippen LogP contribution < -0.4 is 4.90 Å². The number of benzene rings is 2. The van der Waals surface area contributed by atoms with E-state index >= 15 is 0 Å². The lowest BCUT2D eigenvalue weighted by atomic mass is 9.81. The minimum Gasteiger partial charge on any atom is -0.274 e. The first-order valence-corrected chi connectivity index (χ1v) is 11.2. The van der Waals surface area contributed by atoms with Gasteiger partial charge in [-0.25, -0.2) is 0 Å². The largest absolute Gasteiger partial charge is 0.274 e. The van der Waals surface area contributed by atoms with Crippen LogP contribution in [0.1, 0.15) is 6.42 Å². The summed E-state index contributed by atoms with van der Waals surface area (Å²) < 4.78 is 0. The van der Waals surface area contributed by atoms with E-state index in [2.05, 4.69) is 31.9 Å². The van der Waals surface area contributed by atoms with E-state index in [1.165, 1.54) is 17.0 Å². The maximum absolute atomic E-state index is 13.1. The van der Waals surface area contributed by atoms with Crippen molar-refractivity contribution in [3.8, 4) is 11.1 Å². The molecule has 3 aliphatic rings. The summed E-state index contributed by atoms with van der Waals surface area (Å²) in [7, 11) is 0. The molecule has 0 radical (unpaired) electrons. The van der Waals surface area contributed by atoms with Crippen LogP contribution in [0.4, 0.5) is 11.4 Å². The highest BCUT2D eigenvalue weighted by atomic mass is 79.9. The number of nitro benzene ring substituents is 1. The number of carbonyl (C=O) groups is 2. The van der Waals surface area contributed by atoms with Crippen molar-refractivity contribution < 1.29 is 14.5 Å². The molecule has 6 nitrogen and oxygen atoms in total. The molecule has 0 aromatic heterocycles. The van der Waals surface area contributed by atoms with E-state index in [9.17, 15) is 19.7 Å². The fraction of sp³-hybridized carbons (Fsp3) is 0.333. The highest BCUT2D eigenvalue weighted by Gasteiger charge is 2.66. The zero-order chi connectivity index (χ0) is 20.4. The van der Waals surface area contributed by atoms with Crippen molar-refractivity contribution in [1.82, 2.24) is 0 Å². The molecule has 2 aromatic carbocycles. The van der Waals surface area contributed by atoms with Gasteiger partial charge in [-0.3, -0.25) is 24.6 Å². The summed E-state index contributed by atoms with van der Waals surface area (Å²) in [5.74, 6) is -0.288. The molecule has 3 fully saturated rings. The second-order valence-corrected chi connectivity index (χ2v) is 9.98. The minimum absolute atomic E-state index is 0.0370. The Balaban J connectivity index is 1.41. The van der Waals surface area contributed by atoms with Crippen molar-refractivity contribution in [3.05, 3.63) is 58.6 Å². The summed E-state index contributed by atoms with van der Waals surface area (Å²) in [5.41, 5.74) is 2.32. The highest BCUT2D eigenvalue weighted by Crippen LogP contribution is 2.60. The van der Waals surface area contributed by atoms with Crippen LogP contribution in [-0.4, -0.2) is 26.4 Å². The van der Waals surface area contributed by atoms with Crippen molar-refractivity contribution in [3.63, 3.8) is 0 Å². The zero-order valence-electron chi connectivity index (χ0n) is 15.1. The van der Waals surface area contributed by atoms with Crippen LogP contribution >= 0.6 is 31.9 Å². The number of amides is 2. The first-order valence-electron chi connectivity index (χ1n) is 9.39. The van der Waals surface area contributed by atoms with Gasteiger partial charge >= 0.3 is 0 Å². The normalized spacial score (nSPS) is 32.7. The van der Waals surface area contributed by atoms with Crippen LogP contribution in [0, 0.1) is 33.8 Å². The number of anilines is 1. The lowest BCUT2D eigenvalue weighted by Crippen LogP contribution is -2.37. The molecule has 1 saturated heterocycles. The molecule has 2 saturated carbocycles. The van der Waals surface area contributed by atoms with Gasteiger partial charge in [0.25, 0.3) is 5.69 Å². The second kappa shape index (κ2) is 6.74. The molecular formula is C21H16Br2N2O4. The SMILES string of the molecule is O=C1C2C3CC(C(Br)C3Br)C2C(=O)N1c1ccc(-c2ccc([N+](=O)[O-])cc2)cc1. The fourth-order valence-corrected chi connectivity index (χ4v) is 7.06. The monoisotopic (exact) mass is 518 g/mol. The molecule has 2 amide bonds. The van der Waals surface area contributed by atoms with Gasteiger partial charge in [-0.2, -0.15) is 0 Å². The molecule has 0 spiro atoms. The smallest absolute Gasteiger partial charge is 0.269 e. The van der Waals surface area contributed by atoms with Gasteiger partial charge in [-0.15, -0.1) is 0 Å². The minimum atomic E-state index is -0.434. The standard InChI is InChI=1S/C21H16Br2N2O4/c22-18-14-9-15(19(18)23)17-16(14)20(26)24(21(17)27)12-5-1-10(2-6-12)11-3-7-13(8-4-11)25(28)29/h1-8,14-19H,9H2. The Morgan fingerprint density at radius 1 is 0.828 bits per heavy atom. The molecule has 1 aliphatic heterocycles. The van der Waals surface area contributed by atoms with E-state index in [1.807, 2.05) is 12.1 Å². The Morgan fingerprint density at radius 3 is 1.72 bits per heavy atom. The van der Waals surface area contributed by atoms with Gasteiger partial charge in [0.2, 0.25) is 11.8 Å². The topological polar surface area (TPSA) is 80.5 Å². The molecule has 2 aliphatic carbocycles. The van der Waals surface area contributed by atoms with E-state index in [-0.39, 0.29) is 50.8 Å². The van der Waals surface area contributed by atoms with Crippen LogP contribution in [0.3, 0.4) is 0 Å². The van der Waals surface area contributed by atoms with E-state index in [4.69, 9.17) is 0 Å². The van der Waals surface area contributed by atoms with Crippen molar-refractivity contribution in [2.75, 3.05) is 4.90 Å². The molecule has 1 heterocycles. The third-order valence-corrected chi connectivity index (χ3v) is 9.73. The summed E-state index contributed by atoms with van der Waals surface area (Å²) in [6.45, 7) is 0. The second-order valence-electron chi connectivity index (χ2n) is 7.87. The maximum Gasteiger partial charge on any atom is 0.269 e. The van der Waals surface area contributed by atoms with E-state index in [0.717, 1.165) is 17.5 Å². The average molecular weight is 520 g/mol. The van der Waals surface area contributed by atoms with Gasteiger partial charge in [0.05, 0.1) is 22.4 Å². The van der Waals surface area contributed by atoms with Crippen molar-refractivity contribution in [1.29, 1.82) is 0 Å². The third-order valence-electron chi connectivity index (χ3n) is 6.52. The van der Waals surface area contributed by atoms with Crippen LogP contribution in [0.2, 0.25) is 0 Å². The van der Waals surface area contributed by atoms with Gasteiger partial charge in [0.1, 0.15) is 0 Å². The molecule has 8 heteroatoms. The molecule has 5 rings (SSSR count). The quantitative estimate of drug-likeness (QED) is 0.258. The predicted octanol–water partition coefficient (Wildman–Crippen LogP) is 4.54. The maximum atomic E-state index is 13.1. The molecule has 148 valence electrons.